The first-order valence-electron chi connectivity index (χ1n) is 7.64. The van der Waals surface area contributed by atoms with Crippen molar-refractivity contribution in [2.24, 2.45) is 17.6 Å². The molecule has 3 N–H and O–H groups in total. The number of hydrogen-bond donors (Lipinski definition) is 2. The number of carbonyl (C=O) groups is 1. The molecule has 114 valence electrons. The third-order valence-electron chi connectivity index (χ3n) is 3.07. The zero-order valence-electron chi connectivity index (χ0n) is 12.9. The molecule has 0 heterocycles. The minimum atomic E-state index is 0.131. The van der Waals surface area contributed by atoms with E-state index in [9.17, 15) is 4.79 Å². The van der Waals surface area contributed by atoms with E-state index < -0.39 is 0 Å². The first-order chi connectivity index (χ1) is 9.10. The molecule has 4 heteroatoms. The van der Waals surface area contributed by atoms with Gasteiger partial charge in [0.2, 0.25) is 5.91 Å². The van der Waals surface area contributed by atoms with Gasteiger partial charge >= 0.3 is 0 Å². The third-order valence-corrected chi connectivity index (χ3v) is 3.07. The molecule has 0 saturated carbocycles. The van der Waals surface area contributed by atoms with Crippen LogP contribution in [0.4, 0.5) is 0 Å². The molecule has 0 aromatic heterocycles. The number of rotatable bonds is 12. The Morgan fingerprint density at radius 3 is 2.58 bits per heavy atom. The van der Waals surface area contributed by atoms with Crippen LogP contribution in [0.15, 0.2) is 0 Å². The molecule has 1 unspecified atom stereocenters. The lowest BCUT2D eigenvalue weighted by atomic mass is 9.94. The van der Waals surface area contributed by atoms with E-state index in [1.807, 2.05) is 0 Å². The molecule has 19 heavy (non-hydrogen) atoms. The molecule has 0 bridgehead atoms. The Hall–Kier alpha value is -0.610. The van der Waals surface area contributed by atoms with Crippen molar-refractivity contribution in [2.45, 2.75) is 52.9 Å². The zero-order chi connectivity index (χ0) is 14.5. The van der Waals surface area contributed by atoms with E-state index in [1.54, 1.807) is 0 Å². The zero-order valence-corrected chi connectivity index (χ0v) is 12.9. The van der Waals surface area contributed by atoms with Crippen LogP contribution in [-0.4, -0.2) is 32.2 Å². The predicted molar refractivity (Wildman–Crippen MR) is 80.0 cm³/mol. The molecule has 0 radical (unpaired) electrons. The van der Waals surface area contributed by atoms with Crippen molar-refractivity contribution >= 4 is 5.91 Å². The molecule has 0 aromatic rings. The Bertz CT molecular complexity index is 214. The number of nitrogens with two attached hydrogens (primary N) is 1. The van der Waals surface area contributed by atoms with Crippen molar-refractivity contribution in [2.75, 3.05) is 26.3 Å². The summed E-state index contributed by atoms with van der Waals surface area (Å²) in [4.78, 5) is 11.7. The average Bonchev–Trinajstić information content (AvgIpc) is 2.35. The maximum absolute atomic E-state index is 11.7. The lowest BCUT2D eigenvalue weighted by Crippen LogP contribution is -2.28. The summed E-state index contributed by atoms with van der Waals surface area (Å²) in [5.74, 6) is 1.27. The van der Waals surface area contributed by atoms with E-state index in [0.29, 0.717) is 31.4 Å². The first-order valence-corrected chi connectivity index (χ1v) is 7.64. The molecule has 0 spiro atoms. The molecule has 0 fully saturated rings. The van der Waals surface area contributed by atoms with Gasteiger partial charge in [0.05, 0.1) is 6.61 Å². The highest BCUT2D eigenvalue weighted by Crippen LogP contribution is 2.16. The summed E-state index contributed by atoms with van der Waals surface area (Å²) in [5.41, 5.74) is 5.59. The minimum absolute atomic E-state index is 0.131. The van der Waals surface area contributed by atoms with Crippen LogP contribution in [0.25, 0.3) is 0 Å². The number of nitrogens with one attached hydrogen (secondary N) is 1. The van der Waals surface area contributed by atoms with Gasteiger partial charge in [0.25, 0.3) is 0 Å². The van der Waals surface area contributed by atoms with Gasteiger partial charge in [-0.2, -0.15) is 0 Å². The lowest BCUT2D eigenvalue weighted by molar-refractivity contribution is -0.121. The van der Waals surface area contributed by atoms with E-state index in [2.05, 4.69) is 26.1 Å². The van der Waals surface area contributed by atoms with Gasteiger partial charge in [0.15, 0.2) is 0 Å². The summed E-state index contributed by atoms with van der Waals surface area (Å²) in [6, 6.07) is 0. The van der Waals surface area contributed by atoms with Crippen LogP contribution in [0.2, 0.25) is 0 Å². The van der Waals surface area contributed by atoms with Gasteiger partial charge in [-0.3, -0.25) is 4.79 Å². The number of ether oxygens (including phenoxy) is 1. The molecular formula is C15H32N2O2. The first kappa shape index (κ1) is 18.4. The van der Waals surface area contributed by atoms with Gasteiger partial charge in [0.1, 0.15) is 0 Å². The Morgan fingerprint density at radius 2 is 2.00 bits per heavy atom. The van der Waals surface area contributed by atoms with Crippen LogP contribution < -0.4 is 11.1 Å². The quantitative estimate of drug-likeness (QED) is 0.536. The van der Waals surface area contributed by atoms with Crippen molar-refractivity contribution in [3.63, 3.8) is 0 Å². The molecule has 0 rings (SSSR count). The van der Waals surface area contributed by atoms with Crippen molar-refractivity contribution in [1.29, 1.82) is 0 Å². The molecule has 0 aliphatic carbocycles. The van der Waals surface area contributed by atoms with Crippen molar-refractivity contribution in [3.05, 3.63) is 0 Å². The van der Waals surface area contributed by atoms with E-state index in [4.69, 9.17) is 10.5 Å². The smallest absolute Gasteiger partial charge is 0.220 e. The molecule has 0 aliphatic heterocycles. The Morgan fingerprint density at radius 1 is 1.26 bits per heavy atom. The Labute approximate surface area is 118 Å². The van der Waals surface area contributed by atoms with Crippen molar-refractivity contribution in [3.8, 4) is 0 Å². The molecule has 4 nitrogen and oxygen atoms in total. The summed E-state index contributed by atoms with van der Waals surface area (Å²) in [6.45, 7) is 9.09. The molecule has 0 saturated heterocycles. The highest BCUT2D eigenvalue weighted by atomic mass is 16.5. The minimum Gasteiger partial charge on any atom is -0.379 e. The summed E-state index contributed by atoms with van der Waals surface area (Å²) in [5, 5.41) is 2.90. The van der Waals surface area contributed by atoms with Crippen LogP contribution in [-0.2, 0) is 9.53 Å². The van der Waals surface area contributed by atoms with Crippen LogP contribution in [0, 0.1) is 11.8 Å². The van der Waals surface area contributed by atoms with Crippen LogP contribution in [0.1, 0.15) is 52.9 Å². The van der Waals surface area contributed by atoms with Crippen LogP contribution >= 0.6 is 0 Å². The Kier molecular flexibility index (Phi) is 12.0. The highest BCUT2D eigenvalue weighted by Gasteiger charge is 2.09. The predicted octanol–water partition coefficient (Wildman–Crippen LogP) is 2.32. The fraction of sp³-hybridized carbons (Fsp3) is 0.933. The summed E-state index contributed by atoms with van der Waals surface area (Å²) < 4.78 is 5.42. The number of amides is 1. The average molecular weight is 272 g/mol. The second kappa shape index (κ2) is 12.4. The van der Waals surface area contributed by atoms with Crippen molar-refractivity contribution in [1.82, 2.24) is 5.32 Å². The highest BCUT2D eigenvalue weighted by molar-refractivity contribution is 5.75. The monoisotopic (exact) mass is 272 g/mol. The molecule has 1 amide bonds. The van der Waals surface area contributed by atoms with Gasteiger partial charge in [-0.25, -0.2) is 0 Å². The molecule has 0 aromatic carbocycles. The normalized spacial score (nSPS) is 12.7. The standard InChI is InChI=1S/C15H32N2O2/c1-4-5-14(8-9-16)6-7-15(18)17-10-11-19-12-13(2)3/h13-14H,4-12,16H2,1-3H3,(H,17,18). The lowest BCUT2D eigenvalue weighted by Gasteiger charge is -2.14. The van der Waals surface area contributed by atoms with E-state index in [0.717, 1.165) is 32.4 Å². The second-order valence-electron chi connectivity index (χ2n) is 5.59. The van der Waals surface area contributed by atoms with Gasteiger partial charge in [-0.15, -0.1) is 0 Å². The van der Waals surface area contributed by atoms with E-state index in [-0.39, 0.29) is 5.91 Å². The maximum atomic E-state index is 11.7. The summed E-state index contributed by atoms with van der Waals surface area (Å²) >= 11 is 0. The molecular weight excluding hydrogens is 240 g/mol. The van der Waals surface area contributed by atoms with Gasteiger partial charge < -0.3 is 15.8 Å². The number of carbonyl (C=O) groups excluding carboxylic acids is 1. The second-order valence-corrected chi connectivity index (χ2v) is 5.59. The van der Waals surface area contributed by atoms with E-state index in [1.165, 1.54) is 6.42 Å². The van der Waals surface area contributed by atoms with E-state index >= 15 is 0 Å². The van der Waals surface area contributed by atoms with Gasteiger partial charge in [0, 0.05) is 19.6 Å². The van der Waals surface area contributed by atoms with Gasteiger partial charge in [-0.05, 0) is 31.2 Å². The third kappa shape index (κ3) is 12.2. The fourth-order valence-electron chi connectivity index (χ4n) is 2.08. The largest absolute Gasteiger partial charge is 0.379 e. The summed E-state index contributed by atoms with van der Waals surface area (Å²) in [7, 11) is 0. The maximum Gasteiger partial charge on any atom is 0.220 e. The van der Waals surface area contributed by atoms with Gasteiger partial charge in [-0.1, -0.05) is 33.6 Å². The SMILES string of the molecule is CCCC(CCN)CCC(=O)NCCOCC(C)C. The summed E-state index contributed by atoms with van der Waals surface area (Å²) in [6.07, 6.45) is 4.91. The number of hydrogen-bond acceptors (Lipinski definition) is 3. The Balaban J connectivity index is 3.56. The van der Waals surface area contributed by atoms with Crippen LogP contribution in [0.3, 0.4) is 0 Å². The molecule has 0 aliphatic rings. The van der Waals surface area contributed by atoms with Crippen LogP contribution in [0.5, 0.6) is 0 Å². The van der Waals surface area contributed by atoms with Crippen molar-refractivity contribution < 1.29 is 9.53 Å². The fourth-order valence-corrected chi connectivity index (χ4v) is 2.08. The molecule has 1 atom stereocenters. The topological polar surface area (TPSA) is 64.4 Å².